The lowest BCUT2D eigenvalue weighted by Crippen LogP contribution is -2.34. The molecule has 7 heteroatoms. The summed E-state index contributed by atoms with van der Waals surface area (Å²) in [5.41, 5.74) is 3.27. The lowest BCUT2D eigenvalue weighted by Gasteiger charge is -2.24. The van der Waals surface area contributed by atoms with Crippen LogP contribution in [0.25, 0.3) is 11.0 Å². The molecule has 0 amide bonds. The van der Waals surface area contributed by atoms with E-state index in [0.29, 0.717) is 5.02 Å². The predicted molar refractivity (Wildman–Crippen MR) is 96.5 cm³/mol. The van der Waals surface area contributed by atoms with E-state index in [9.17, 15) is 0 Å². The summed E-state index contributed by atoms with van der Waals surface area (Å²) < 4.78 is 0. The summed E-state index contributed by atoms with van der Waals surface area (Å²) in [6.07, 6.45) is 4.43. The first kappa shape index (κ1) is 14.5. The molecule has 1 atom stereocenters. The number of aromatic nitrogens is 3. The van der Waals surface area contributed by atoms with Crippen LogP contribution in [-0.4, -0.2) is 34.6 Å². The Labute approximate surface area is 149 Å². The van der Waals surface area contributed by atoms with Gasteiger partial charge in [0.2, 0.25) is 0 Å². The van der Waals surface area contributed by atoms with Gasteiger partial charge in [0.15, 0.2) is 0 Å². The summed E-state index contributed by atoms with van der Waals surface area (Å²) in [5.74, 6) is 0.846. The molecule has 0 aliphatic carbocycles. The minimum absolute atomic E-state index is 0.0697. The van der Waals surface area contributed by atoms with Gasteiger partial charge < -0.3 is 15.2 Å². The molecule has 2 aliphatic rings. The Morgan fingerprint density at radius 2 is 2.12 bits per heavy atom. The second kappa shape index (κ2) is 5.09. The van der Waals surface area contributed by atoms with Gasteiger partial charge in [-0.2, -0.15) is 0 Å². The zero-order chi connectivity index (χ0) is 16.3. The number of nitrogens with zero attached hydrogens (tertiary/aromatic N) is 3. The van der Waals surface area contributed by atoms with E-state index in [-0.39, 0.29) is 5.41 Å². The van der Waals surface area contributed by atoms with E-state index in [4.69, 9.17) is 23.2 Å². The van der Waals surface area contributed by atoms with Crippen molar-refractivity contribution in [2.24, 2.45) is 0 Å². The second-order valence-corrected chi connectivity index (χ2v) is 7.36. The number of rotatable bonds is 1. The summed E-state index contributed by atoms with van der Waals surface area (Å²) in [5, 5.41) is 5.77. The number of nitrogens with one attached hydrogen (secondary N) is 2. The van der Waals surface area contributed by atoms with Gasteiger partial charge in [-0.1, -0.05) is 23.2 Å². The van der Waals surface area contributed by atoms with E-state index in [1.807, 2.05) is 6.07 Å². The van der Waals surface area contributed by atoms with Gasteiger partial charge in [0.1, 0.15) is 17.8 Å². The maximum absolute atomic E-state index is 6.39. The fraction of sp³-hybridized carbons (Fsp3) is 0.294. The maximum atomic E-state index is 6.39. The van der Waals surface area contributed by atoms with Crippen molar-refractivity contribution in [2.45, 2.75) is 11.8 Å². The van der Waals surface area contributed by atoms with Crippen LogP contribution in [0.5, 0.6) is 0 Å². The molecule has 3 aromatic rings. The molecule has 24 heavy (non-hydrogen) atoms. The molecule has 122 valence electrons. The second-order valence-electron chi connectivity index (χ2n) is 6.51. The maximum Gasteiger partial charge on any atom is 0.147 e. The van der Waals surface area contributed by atoms with Gasteiger partial charge in [-0.25, -0.2) is 9.97 Å². The summed E-state index contributed by atoms with van der Waals surface area (Å²) in [6, 6.07) is 6.12. The van der Waals surface area contributed by atoms with E-state index in [0.717, 1.165) is 53.6 Å². The van der Waals surface area contributed by atoms with E-state index in [1.54, 1.807) is 12.5 Å². The molecule has 0 saturated carbocycles. The molecule has 1 spiro atoms. The van der Waals surface area contributed by atoms with Crippen LogP contribution in [0.3, 0.4) is 0 Å². The monoisotopic (exact) mass is 359 g/mol. The van der Waals surface area contributed by atoms with Crippen molar-refractivity contribution in [1.82, 2.24) is 20.3 Å². The van der Waals surface area contributed by atoms with Crippen LogP contribution in [0.2, 0.25) is 10.0 Å². The lowest BCUT2D eigenvalue weighted by atomic mass is 9.82. The fourth-order valence-electron chi connectivity index (χ4n) is 4.05. The molecular weight excluding hydrogens is 345 g/mol. The number of H-pyrrole nitrogens is 1. The number of hydrogen-bond acceptors (Lipinski definition) is 4. The van der Waals surface area contributed by atoms with Crippen LogP contribution in [-0.2, 0) is 5.41 Å². The smallest absolute Gasteiger partial charge is 0.147 e. The standard InChI is InChI=1S/C17H15Cl2N5/c18-10-1-2-13-11(5-10)17(3-4-20-7-17)8-24(13)16-14-12(19)6-21-15(14)22-9-23-16/h1-2,5-6,9,20H,3-4,7-8H2,(H,21,22,23)/t17-/m0/s1. The highest BCUT2D eigenvalue weighted by molar-refractivity contribution is 6.36. The van der Waals surface area contributed by atoms with Crippen molar-refractivity contribution >= 4 is 45.7 Å². The average Bonchev–Trinajstić information content (AvgIpc) is 3.28. The van der Waals surface area contributed by atoms with Crippen LogP contribution >= 0.6 is 23.2 Å². The van der Waals surface area contributed by atoms with Crippen LogP contribution < -0.4 is 10.2 Å². The molecule has 0 bridgehead atoms. The third kappa shape index (κ3) is 1.92. The van der Waals surface area contributed by atoms with Gasteiger partial charge in [-0.05, 0) is 36.7 Å². The number of aromatic amines is 1. The fourth-order valence-corrected chi connectivity index (χ4v) is 4.45. The molecule has 1 fully saturated rings. The summed E-state index contributed by atoms with van der Waals surface area (Å²) >= 11 is 12.7. The number of halogens is 2. The molecule has 0 radical (unpaired) electrons. The van der Waals surface area contributed by atoms with E-state index >= 15 is 0 Å². The molecule has 2 N–H and O–H groups in total. The van der Waals surface area contributed by atoms with E-state index in [2.05, 4.69) is 37.3 Å². The topological polar surface area (TPSA) is 56.8 Å². The largest absolute Gasteiger partial charge is 0.344 e. The summed E-state index contributed by atoms with van der Waals surface area (Å²) in [4.78, 5) is 14.2. The molecule has 1 aromatic carbocycles. The van der Waals surface area contributed by atoms with E-state index < -0.39 is 0 Å². The van der Waals surface area contributed by atoms with Crippen molar-refractivity contribution in [3.05, 3.63) is 46.3 Å². The normalized spacial score (nSPS) is 22.7. The Hall–Kier alpha value is -1.82. The Morgan fingerprint density at radius 1 is 1.21 bits per heavy atom. The molecule has 5 nitrogen and oxygen atoms in total. The Balaban J connectivity index is 1.74. The van der Waals surface area contributed by atoms with Gasteiger partial charge in [-0.3, -0.25) is 0 Å². The van der Waals surface area contributed by atoms with Crippen molar-refractivity contribution in [2.75, 3.05) is 24.5 Å². The first-order valence-electron chi connectivity index (χ1n) is 7.94. The zero-order valence-electron chi connectivity index (χ0n) is 12.8. The predicted octanol–water partition coefficient (Wildman–Crippen LogP) is 3.65. The quantitative estimate of drug-likeness (QED) is 0.696. The van der Waals surface area contributed by atoms with Gasteiger partial charge in [0, 0.05) is 35.4 Å². The minimum atomic E-state index is 0.0697. The third-order valence-electron chi connectivity index (χ3n) is 5.18. The Kier molecular flexibility index (Phi) is 3.08. The number of fused-ring (bicyclic) bond motifs is 3. The van der Waals surface area contributed by atoms with Gasteiger partial charge >= 0.3 is 0 Å². The molecule has 5 rings (SSSR count). The first-order chi connectivity index (χ1) is 11.7. The first-order valence-corrected chi connectivity index (χ1v) is 8.69. The molecule has 1 saturated heterocycles. The van der Waals surface area contributed by atoms with Crippen molar-refractivity contribution in [3.8, 4) is 0 Å². The zero-order valence-corrected chi connectivity index (χ0v) is 14.3. The Morgan fingerprint density at radius 3 is 2.96 bits per heavy atom. The SMILES string of the molecule is Clc1ccc2c(c1)[C@]1(CCNC1)CN2c1ncnc2[nH]cc(Cl)c12. The van der Waals surface area contributed by atoms with Gasteiger partial charge in [0.25, 0.3) is 0 Å². The molecule has 4 heterocycles. The number of hydrogen-bond donors (Lipinski definition) is 2. The van der Waals surface area contributed by atoms with Crippen molar-refractivity contribution in [1.29, 1.82) is 0 Å². The highest BCUT2D eigenvalue weighted by Crippen LogP contribution is 2.49. The Bertz CT molecular complexity index is 945. The molecule has 0 unspecified atom stereocenters. The van der Waals surface area contributed by atoms with Crippen LogP contribution in [0.1, 0.15) is 12.0 Å². The number of anilines is 2. The summed E-state index contributed by atoms with van der Waals surface area (Å²) in [6.45, 7) is 2.83. The van der Waals surface area contributed by atoms with Crippen molar-refractivity contribution in [3.63, 3.8) is 0 Å². The van der Waals surface area contributed by atoms with Crippen LogP contribution in [0.4, 0.5) is 11.5 Å². The molecule has 2 aliphatic heterocycles. The van der Waals surface area contributed by atoms with Crippen LogP contribution in [0, 0.1) is 0 Å². The number of benzene rings is 1. The average molecular weight is 360 g/mol. The third-order valence-corrected chi connectivity index (χ3v) is 5.72. The van der Waals surface area contributed by atoms with Crippen molar-refractivity contribution < 1.29 is 0 Å². The lowest BCUT2D eigenvalue weighted by molar-refractivity contribution is 0.508. The van der Waals surface area contributed by atoms with Gasteiger partial charge in [0.05, 0.1) is 10.4 Å². The highest BCUT2D eigenvalue weighted by Gasteiger charge is 2.46. The minimum Gasteiger partial charge on any atom is -0.344 e. The molecular formula is C17H15Cl2N5. The van der Waals surface area contributed by atoms with Gasteiger partial charge in [-0.15, -0.1) is 0 Å². The molecule has 2 aromatic heterocycles. The van der Waals surface area contributed by atoms with E-state index in [1.165, 1.54) is 5.56 Å². The summed E-state index contributed by atoms with van der Waals surface area (Å²) in [7, 11) is 0. The highest BCUT2D eigenvalue weighted by atomic mass is 35.5. The van der Waals surface area contributed by atoms with Crippen LogP contribution in [0.15, 0.2) is 30.7 Å².